The fourth-order valence-electron chi connectivity index (χ4n) is 4.23. The van der Waals surface area contributed by atoms with Gasteiger partial charge in [0.05, 0.1) is 0 Å². The maximum absolute atomic E-state index is 4.03. The Balaban J connectivity index is 6.05. The molecule has 0 saturated heterocycles. The van der Waals surface area contributed by atoms with Crippen LogP contribution in [0.15, 0.2) is 0 Å². The number of hydrogen-bond donors (Lipinski definition) is 0. The van der Waals surface area contributed by atoms with Gasteiger partial charge in [-0.2, -0.15) is 0 Å². The van der Waals surface area contributed by atoms with Crippen LogP contribution in [0.2, 0.25) is 62.8 Å². The summed E-state index contributed by atoms with van der Waals surface area (Å²) in [6, 6.07) is -0.594. The van der Waals surface area contributed by atoms with Crippen LogP contribution < -0.4 is 0 Å². The van der Waals surface area contributed by atoms with Crippen molar-refractivity contribution in [3.63, 3.8) is 0 Å². The van der Waals surface area contributed by atoms with Crippen LogP contribution in [0.25, 0.3) is 0 Å². The van der Waals surface area contributed by atoms with Crippen molar-refractivity contribution in [3.8, 4) is 0 Å². The third-order valence-corrected chi connectivity index (χ3v) is 43.6. The second-order valence-corrected chi connectivity index (χ2v) is 35.7. The van der Waals surface area contributed by atoms with Crippen LogP contribution >= 0.6 is 30.6 Å². The molecule has 6 heteroatoms. The first-order valence-corrected chi connectivity index (χ1v) is 22.4. The largest absolute Gasteiger partial charge is 0.340 e. The van der Waals surface area contributed by atoms with Gasteiger partial charge in [0.2, 0.25) is 0 Å². The zero-order valence-electron chi connectivity index (χ0n) is 12.3. The van der Waals surface area contributed by atoms with Gasteiger partial charge in [0.15, 0.2) is 0 Å². The molecule has 0 aliphatic rings. The summed E-state index contributed by atoms with van der Waals surface area (Å²) < 4.78 is 0.664. The Morgan fingerprint density at radius 3 is 0.812 bits per heavy atom. The van der Waals surface area contributed by atoms with Gasteiger partial charge >= 0.3 is 0 Å². The van der Waals surface area contributed by atoms with Gasteiger partial charge < -0.3 is 30.6 Å². The molecule has 0 saturated carbocycles. The average molecular weight is 419 g/mol. The molecule has 0 unspecified atom stereocenters. The standard InChI is InChI=1S/C10H27Br2Si4/c1-14(2,3)10(13(11)12,15(4,5)6)16(7,8)9/h1-9H3/q-1. The third kappa shape index (κ3) is 2.87. The minimum Gasteiger partial charge on any atom is -0.340 e. The number of hydrogen-bond acceptors (Lipinski definition) is 0. The van der Waals surface area contributed by atoms with E-state index in [4.69, 9.17) is 0 Å². The van der Waals surface area contributed by atoms with Crippen molar-refractivity contribution in [2.24, 2.45) is 0 Å². The Hall–Kier alpha value is 1.83. The summed E-state index contributed by atoms with van der Waals surface area (Å²) in [7, 11) is -3.59. The van der Waals surface area contributed by atoms with E-state index in [0.717, 1.165) is 0 Å². The molecule has 0 aliphatic heterocycles. The van der Waals surface area contributed by atoms with Crippen LogP contribution in [0.3, 0.4) is 0 Å². The lowest BCUT2D eigenvalue weighted by Crippen LogP contribution is -2.69. The predicted octanol–water partition coefficient (Wildman–Crippen LogP) is 5.64. The molecule has 0 amide bonds. The van der Waals surface area contributed by atoms with E-state index in [2.05, 4.69) is 89.5 Å². The molecule has 0 fully saturated rings. The summed E-state index contributed by atoms with van der Waals surface area (Å²) in [5.74, 6) is 0. The predicted molar refractivity (Wildman–Crippen MR) is 96.3 cm³/mol. The maximum Gasteiger partial charge on any atom is 0.0142 e. The fourth-order valence-corrected chi connectivity index (χ4v) is 70.1. The molecule has 0 aromatic heterocycles. The highest BCUT2D eigenvalue weighted by Gasteiger charge is 2.55. The molecule has 0 N–H and O–H groups in total. The summed E-state index contributed by atoms with van der Waals surface area (Å²) in [5, 5.41) is 0. The fraction of sp³-hybridized carbons (Fsp3) is 1.00. The molecular formula is C10H27Br2Si4-. The highest BCUT2D eigenvalue weighted by molar-refractivity contribution is 9.49. The van der Waals surface area contributed by atoms with Crippen LogP contribution in [-0.2, 0) is 0 Å². The molecule has 0 nitrogen and oxygen atoms in total. The Morgan fingerprint density at radius 2 is 0.812 bits per heavy atom. The third-order valence-electron chi connectivity index (χ3n) is 3.66. The normalized spacial score (nSPS) is 15.8. The SMILES string of the molecule is C[Si](C)(C)C([Si-](Br)Br)([Si](C)(C)C)[Si](C)(C)C. The lowest BCUT2D eigenvalue weighted by atomic mass is 11.6. The Kier molecular flexibility index (Phi) is 5.65. The highest BCUT2D eigenvalue weighted by atomic mass is 79.9. The number of halogens is 2. The average Bonchev–Trinajstić information content (AvgIpc) is 1.71. The van der Waals surface area contributed by atoms with Crippen molar-refractivity contribution >= 4 is 60.8 Å². The molecule has 0 heterocycles. The van der Waals surface area contributed by atoms with Crippen LogP contribution in [0.1, 0.15) is 0 Å². The van der Waals surface area contributed by atoms with Gasteiger partial charge in [0.1, 0.15) is 0 Å². The van der Waals surface area contributed by atoms with E-state index >= 15 is 0 Å². The van der Waals surface area contributed by atoms with E-state index in [1.165, 1.54) is 0 Å². The van der Waals surface area contributed by atoms with Crippen LogP contribution in [-0.4, -0.2) is 30.3 Å². The molecule has 16 heavy (non-hydrogen) atoms. The minimum atomic E-state index is -1.20. The second-order valence-electron chi connectivity index (χ2n) is 7.76. The molecule has 98 valence electrons. The van der Waals surface area contributed by atoms with Gasteiger partial charge in [-0.05, 0) is 0 Å². The van der Waals surface area contributed by atoms with Crippen LogP contribution in [0.4, 0.5) is 0 Å². The van der Waals surface area contributed by atoms with Crippen LogP contribution in [0.5, 0.6) is 0 Å². The van der Waals surface area contributed by atoms with E-state index in [0.29, 0.717) is 3.91 Å². The van der Waals surface area contributed by atoms with Crippen molar-refractivity contribution in [1.29, 1.82) is 0 Å². The van der Waals surface area contributed by atoms with Crippen LogP contribution in [0, 0.1) is 0 Å². The van der Waals surface area contributed by atoms with E-state index < -0.39 is 30.3 Å². The van der Waals surface area contributed by atoms with E-state index in [9.17, 15) is 0 Å². The molecular weight excluding hydrogens is 392 g/mol. The topological polar surface area (TPSA) is 0 Å². The molecule has 0 aliphatic carbocycles. The van der Waals surface area contributed by atoms with Crippen molar-refractivity contribution in [3.05, 3.63) is 0 Å². The number of rotatable bonds is 4. The van der Waals surface area contributed by atoms with Crippen molar-refractivity contribution < 1.29 is 0 Å². The van der Waals surface area contributed by atoms with Gasteiger partial charge in [0, 0.05) is 24.2 Å². The zero-order chi connectivity index (χ0) is 13.6. The second kappa shape index (κ2) is 5.07. The zero-order valence-corrected chi connectivity index (χ0v) is 19.4. The molecule has 0 rings (SSSR count). The molecule has 0 bridgehead atoms. The first-order valence-electron chi connectivity index (χ1n) is 5.88. The first kappa shape index (κ1) is 17.8. The lowest BCUT2D eigenvalue weighted by molar-refractivity contribution is 1.24. The Morgan fingerprint density at radius 1 is 0.625 bits per heavy atom. The molecule has 0 radical (unpaired) electrons. The minimum absolute atomic E-state index is 0.594. The lowest BCUT2D eigenvalue weighted by Gasteiger charge is -2.68. The van der Waals surface area contributed by atoms with E-state index in [1.54, 1.807) is 0 Å². The van der Waals surface area contributed by atoms with Gasteiger partial charge in [-0.1, -0.05) is 58.9 Å². The summed E-state index contributed by atoms with van der Waals surface area (Å²) in [4.78, 5) is 0. The van der Waals surface area contributed by atoms with E-state index in [-0.39, 0.29) is 0 Å². The Labute approximate surface area is 123 Å². The van der Waals surface area contributed by atoms with Crippen molar-refractivity contribution in [1.82, 2.24) is 0 Å². The van der Waals surface area contributed by atoms with Crippen molar-refractivity contribution in [2.45, 2.75) is 62.8 Å². The molecule has 0 spiro atoms. The summed E-state index contributed by atoms with van der Waals surface area (Å²) in [6.07, 6.45) is 0. The van der Waals surface area contributed by atoms with Gasteiger partial charge in [-0.25, -0.2) is 0 Å². The molecule has 0 aromatic carbocycles. The molecule has 0 atom stereocenters. The van der Waals surface area contributed by atoms with Gasteiger partial charge in [-0.15, -0.1) is 9.94 Å². The maximum atomic E-state index is 4.03. The highest BCUT2D eigenvalue weighted by Crippen LogP contribution is 2.58. The summed E-state index contributed by atoms with van der Waals surface area (Å²) in [5.41, 5.74) is 0. The molecule has 0 aromatic rings. The smallest absolute Gasteiger partial charge is 0.0142 e. The van der Waals surface area contributed by atoms with Gasteiger partial charge in [-0.3, -0.25) is 0 Å². The monoisotopic (exact) mass is 417 g/mol. The quantitative estimate of drug-likeness (QED) is 0.409. The summed E-state index contributed by atoms with van der Waals surface area (Å²) >= 11 is 8.06. The summed E-state index contributed by atoms with van der Waals surface area (Å²) in [6.45, 7) is 23.2. The first-order chi connectivity index (χ1) is 6.69. The van der Waals surface area contributed by atoms with Gasteiger partial charge in [0.25, 0.3) is 0 Å². The Bertz CT molecular complexity index is 209. The van der Waals surface area contributed by atoms with Crippen molar-refractivity contribution in [2.75, 3.05) is 0 Å². The van der Waals surface area contributed by atoms with E-state index in [1.807, 2.05) is 0 Å².